The normalized spacial score (nSPS) is 13.0. The van der Waals surface area contributed by atoms with Crippen LogP contribution in [0.4, 0.5) is 5.95 Å². The zero-order valence-corrected chi connectivity index (χ0v) is 12.2. The molecular weight excluding hydrogens is 300 g/mol. The second-order valence-electron chi connectivity index (χ2n) is 4.82. The van der Waals surface area contributed by atoms with E-state index in [9.17, 15) is 14.4 Å². The van der Waals surface area contributed by atoms with Gasteiger partial charge in [0.25, 0.3) is 11.8 Å². The maximum absolute atomic E-state index is 12.1. The van der Waals surface area contributed by atoms with Gasteiger partial charge in [0.05, 0.1) is 11.1 Å². The Bertz CT molecular complexity index is 743. The molecule has 3 rings (SSSR count). The Morgan fingerprint density at radius 1 is 1.09 bits per heavy atom. The van der Waals surface area contributed by atoms with Crippen LogP contribution in [0.1, 0.15) is 20.7 Å². The number of carbonyl (C=O) groups excluding carboxylic acids is 3. The molecular formula is C15H12N4O4. The first-order valence-corrected chi connectivity index (χ1v) is 6.74. The molecule has 0 atom stereocenters. The number of aromatic nitrogens is 2. The lowest BCUT2D eigenvalue weighted by atomic mass is 10.1. The lowest BCUT2D eigenvalue weighted by Crippen LogP contribution is -2.37. The molecule has 0 unspecified atom stereocenters. The van der Waals surface area contributed by atoms with Gasteiger partial charge in [0.2, 0.25) is 5.95 Å². The topological polar surface area (TPSA) is 92.7 Å². The minimum Gasteiger partial charge on any atom is -0.333 e. The van der Waals surface area contributed by atoms with Crippen LogP contribution < -0.4 is 4.90 Å². The van der Waals surface area contributed by atoms with Crippen molar-refractivity contribution in [3.8, 4) is 0 Å². The molecule has 0 bridgehead atoms. The second kappa shape index (κ2) is 5.84. The average molecular weight is 312 g/mol. The molecule has 1 aliphatic heterocycles. The number of fused-ring (bicyclic) bond motifs is 1. The largest absolute Gasteiger partial charge is 0.352 e. The Hall–Kier alpha value is -3.29. The van der Waals surface area contributed by atoms with Gasteiger partial charge in [-0.25, -0.2) is 14.8 Å². The predicted octanol–water partition coefficient (Wildman–Crippen LogP) is 0.667. The zero-order chi connectivity index (χ0) is 16.4. The van der Waals surface area contributed by atoms with E-state index < -0.39 is 17.8 Å². The second-order valence-corrected chi connectivity index (χ2v) is 4.82. The van der Waals surface area contributed by atoms with Crippen molar-refractivity contribution < 1.29 is 19.2 Å². The van der Waals surface area contributed by atoms with Crippen molar-refractivity contribution in [3.63, 3.8) is 0 Å². The van der Waals surface area contributed by atoms with Crippen LogP contribution in [-0.4, -0.2) is 46.4 Å². The van der Waals surface area contributed by atoms with E-state index >= 15 is 0 Å². The standard InChI is InChI=1S/C15H12N4O4/c1-18(15-16-7-4-8-17-15)9-12(20)23-19-13(21)10-5-2-3-6-11(10)14(19)22/h2-8H,9H2,1H3. The highest BCUT2D eigenvalue weighted by Crippen LogP contribution is 2.22. The Balaban J connectivity index is 1.68. The van der Waals surface area contributed by atoms with Gasteiger partial charge in [-0.15, -0.1) is 0 Å². The number of hydroxylamine groups is 2. The number of imide groups is 1. The Kier molecular flexibility index (Phi) is 3.71. The van der Waals surface area contributed by atoms with E-state index in [1.165, 1.54) is 29.4 Å². The average Bonchev–Trinajstić information content (AvgIpc) is 2.81. The van der Waals surface area contributed by atoms with Crippen molar-refractivity contribution in [1.29, 1.82) is 0 Å². The Morgan fingerprint density at radius 3 is 2.22 bits per heavy atom. The van der Waals surface area contributed by atoms with Crippen LogP contribution in [0.15, 0.2) is 42.7 Å². The number of amides is 2. The number of carbonyl (C=O) groups is 3. The molecule has 0 spiro atoms. The number of benzene rings is 1. The fourth-order valence-electron chi connectivity index (χ4n) is 2.13. The highest BCUT2D eigenvalue weighted by atomic mass is 16.7. The van der Waals surface area contributed by atoms with Crippen molar-refractivity contribution in [2.45, 2.75) is 0 Å². The Morgan fingerprint density at radius 2 is 1.65 bits per heavy atom. The van der Waals surface area contributed by atoms with E-state index in [0.29, 0.717) is 11.0 Å². The van der Waals surface area contributed by atoms with Gasteiger partial charge in [0.1, 0.15) is 6.54 Å². The lowest BCUT2D eigenvalue weighted by Gasteiger charge is -2.17. The van der Waals surface area contributed by atoms with Crippen molar-refractivity contribution in [2.75, 3.05) is 18.5 Å². The maximum Gasteiger partial charge on any atom is 0.352 e. The molecule has 0 fully saturated rings. The molecule has 8 heteroatoms. The van der Waals surface area contributed by atoms with Gasteiger partial charge in [-0.3, -0.25) is 9.59 Å². The van der Waals surface area contributed by atoms with Crippen molar-refractivity contribution in [2.24, 2.45) is 0 Å². The summed E-state index contributed by atoms with van der Waals surface area (Å²) in [5, 5.41) is 0.479. The zero-order valence-electron chi connectivity index (χ0n) is 12.2. The number of hydrogen-bond donors (Lipinski definition) is 0. The van der Waals surface area contributed by atoms with E-state index in [1.54, 1.807) is 25.2 Å². The van der Waals surface area contributed by atoms with Crippen LogP contribution in [0.25, 0.3) is 0 Å². The molecule has 2 amide bonds. The van der Waals surface area contributed by atoms with Gasteiger partial charge in [0.15, 0.2) is 0 Å². The molecule has 8 nitrogen and oxygen atoms in total. The summed E-state index contributed by atoms with van der Waals surface area (Å²) >= 11 is 0. The smallest absolute Gasteiger partial charge is 0.333 e. The molecule has 0 saturated carbocycles. The van der Waals surface area contributed by atoms with Crippen LogP contribution in [0.3, 0.4) is 0 Å². The third-order valence-corrected chi connectivity index (χ3v) is 3.21. The number of likely N-dealkylation sites (N-methyl/N-ethyl adjacent to an activating group) is 1. The van der Waals surface area contributed by atoms with E-state index in [2.05, 4.69) is 9.97 Å². The summed E-state index contributed by atoms with van der Waals surface area (Å²) in [4.78, 5) is 50.5. The van der Waals surface area contributed by atoms with Gasteiger partial charge in [-0.1, -0.05) is 17.2 Å². The highest BCUT2D eigenvalue weighted by molar-refractivity contribution is 6.20. The summed E-state index contributed by atoms with van der Waals surface area (Å²) in [5.74, 6) is -1.75. The van der Waals surface area contributed by atoms with Gasteiger partial charge in [0, 0.05) is 19.4 Å². The summed E-state index contributed by atoms with van der Waals surface area (Å²) < 4.78 is 0. The number of anilines is 1. The molecule has 116 valence electrons. The summed E-state index contributed by atoms with van der Waals surface area (Å²) in [7, 11) is 1.60. The monoisotopic (exact) mass is 312 g/mol. The van der Waals surface area contributed by atoms with Crippen LogP contribution >= 0.6 is 0 Å². The molecule has 2 heterocycles. The Labute approximate surface area is 131 Å². The molecule has 0 radical (unpaired) electrons. The summed E-state index contributed by atoms with van der Waals surface area (Å²) in [6, 6.07) is 7.93. The van der Waals surface area contributed by atoms with Gasteiger partial charge in [-0.05, 0) is 18.2 Å². The van der Waals surface area contributed by atoms with E-state index in [-0.39, 0.29) is 17.7 Å². The fraction of sp³-hybridized carbons (Fsp3) is 0.133. The van der Waals surface area contributed by atoms with Crippen LogP contribution in [0, 0.1) is 0 Å². The number of nitrogens with zero attached hydrogens (tertiary/aromatic N) is 4. The van der Waals surface area contributed by atoms with Gasteiger partial charge >= 0.3 is 5.97 Å². The fourth-order valence-corrected chi connectivity index (χ4v) is 2.13. The third-order valence-electron chi connectivity index (χ3n) is 3.21. The third kappa shape index (κ3) is 2.73. The molecule has 0 aliphatic carbocycles. The van der Waals surface area contributed by atoms with Gasteiger partial charge < -0.3 is 9.74 Å². The summed E-state index contributed by atoms with van der Waals surface area (Å²) in [6.45, 7) is -0.211. The van der Waals surface area contributed by atoms with Crippen LogP contribution in [-0.2, 0) is 9.63 Å². The first-order valence-electron chi connectivity index (χ1n) is 6.74. The number of hydrogen-bond acceptors (Lipinski definition) is 7. The summed E-state index contributed by atoms with van der Waals surface area (Å²) in [5.41, 5.74) is 0.426. The van der Waals surface area contributed by atoms with Gasteiger partial charge in [-0.2, -0.15) is 0 Å². The maximum atomic E-state index is 12.1. The molecule has 0 N–H and O–H groups in total. The molecule has 1 aliphatic rings. The SMILES string of the molecule is CN(CC(=O)ON1C(=O)c2ccccc2C1=O)c1ncccn1. The first kappa shape index (κ1) is 14.6. The minimum absolute atomic E-state index is 0.211. The predicted molar refractivity (Wildman–Crippen MR) is 78.3 cm³/mol. The summed E-state index contributed by atoms with van der Waals surface area (Å²) in [6.07, 6.45) is 3.07. The van der Waals surface area contributed by atoms with E-state index in [0.717, 1.165) is 0 Å². The molecule has 0 saturated heterocycles. The minimum atomic E-state index is -0.769. The van der Waals surface area contributed by atoms with Crippen LogP contribution in [0.2, 0.25) is 0 Å². The van der Waals surface area contributed by atoms with E-state index in [1.807, 2.05) is 0 Å². The molecule has 1 aromatic heterocycles. The number of rotatable bonds is 4. The van der Waals surface area contributed by atoms with Crippen LogP contribution in [0.5, 0.6) is 0 Å². The molecule has 2 aromatic rings. The van der Waals surface area contributed by atoms with Crippen molar-refractivity contribution >= 4 is 23.7 Å². The quantitative estimate of drug-likeness (QED) is 0.766. The first-order chi connectivity index (χ1) is 11.1. The lowest BCUT2D eigenvalue weighted by molar-refractivity contribution is -0.166. The van der Waals surface area contributed by atoms with Crippen molar-refractivity contribution in [1.82, 2.24) is 15.0 Å². The van der Waals surface area contributed by atoms with Crippen molar-refractivity contribution in [3.05, 3.63) is 53.9 Å². The molecule has 1 aromatic carbocycles. The highest BCUT2D eigenvalue weighted by Gasteiger charge is 2.38. The van der Waals surface area contributed by atoms with E-state index in [4.69, 9.17) is 4.84 Å². The molecule has 23 heavy (non-hydrogen) atoms.